The second kappa shape index (κ2) is 5.00. The van der Waals surface area contributed by atoms with Crippen LogP contribution < -0.4 is 10.6 Å². The zero-order valence-electron chi connectivity index (χ0n) is 12.7. The molecule has 1 saturated carbocycles. The van der Waals surface area contributed by atoms with Crippen LogP contribution in [0.15, 0.2) is 24.3 Å². The van der Waals surface area contributed by atoms with E-state index in [0.29, 0.717) is 24.9 Å². The molecule has 2 aliphatic carbocycles. The molecule has 2 N–H and O–H groups in total. The van der Waals surface area contributed by atoms with Gasteiger partial charge in [-0.1, -0.05) is 24.3 Å². The zero-order valence-corrected chi connectivity index (χ0v) is 12.7. The van der Waals surface area contributed by atoms with Crippen molar-refractivity contribution in [1.29, 1.82) is 0 Å². The van der Waals surface area contributed by atoms with Crippen LogP contribution in [0.1, 0.15) is 30.4 Å². The maximum Gasteiger partial charge on any atom is 0.317 e. The monoisotopic (exact) mass is 299 g/mol. The molecule has 1 aromatic rings. The van der Waals surface area contributed by atoms with Gasteiger partial charge in [0.05, 0.1) is 6.04 Å². The van der Waals surface area contributed by atoms with Crippen molar-refractivity contribution in [3.05, 3.63) is 35.4 Å². The number of benzene rings is 1. The van der Waals surface area contributed by atoms with Crippen molar-refractivity contribution < 1.29 is 9.59 Å². The zero-order chi connectivity index (χ0) is 15.3. The van der Waals surface area contributed by atoms with Crippen molar-refractivity contribution in [2.45, 2.75) is 37.8 Å². The summed E-state index contributed by atoms with van der Waals surface area (Å²) in [6.45, 7) is 2.74. The Hall–Kier alpha value is -2.04. The lowest BCUT2D eigenvalue weighted by Gasteiger charge is -2.39. The van der Waals surface area contributed by atoms with Crippen LogP contribution >= 0.6 is 0 Å². The third kappa shape index (κ3) is 2.25. The number of carbonyl (C=O) groups excluding carboxylic acids is 2. The molecule has 0 radical (unpaired) electrons. The van der Waals surface area contributed by atoms with E-state index in [1.165, 1.54) is 24.5 Å². The molecule has 1 heterocycles. The summed E-state index contributed by atoms with van der Waals surface area (Å²) < 4.78 is 0. The average Bonchev–Trinajstić information content (AvgIpc) is 3.15. The number of aryl methyl sites for hydroxylation is 1. The fourth-order valence-electron chi connectivity index (χ4n) is 4.02. The van der Waals surface area contributed by atoms with Crippen LogP contribution in [0.3, 0.4) is 0 Å². The number of fused-ring (bicyclic) bond motifs is 3. The van der Waals surface area contributed by atoms with Gasteiger partial charge in [0.15, 0.2) is 0 Å². The van der Waals surface area contributed by atoms with E-state index in [1.807, 2.05) is 0 Å². The molecule has 5 nitrogen and oxygen atoms in total. The van der Waals surface area contributed by atoms with E-state index in [1.54, 1.807) is 4.90 Å². The van der Waals surface area contributed by atoms with Crippen LogP contribution in [0.25, 0.3) is 0 Å². The third-order valence-electron chi connectivity index (χ3n) is 5.20. The van der Waals surface area contributed by atoms with Crippen molar-refractivity contribution >= 4 is 11.9 Å². The fraction of sp³-hybridized carbons (Fsp3) is 0.529. The summed E-state index contributed by atoms with van der Waals surface area (Å²) in [5.41, 5.74) is 2.86. The van der Waals surface area contributed by atoms with Gasteiger partial charge in [-0.2, -0.15) is 0 Å². The predicted molar refractivity (Wildman–Crippen MR) is 82.5 cm³/mol. The molecule has 116 valence electrons. The Balaban J connectivity index is 1.33. The molecule has 3 amide bonds. The number of carbonyl (C=O) groups is 2. The molecular weight excluding hydrogens is 278 g/mol. The molecule has 0 spiro atoms. The lowest BCUT2D eigenvalue weighted by Crippen LogP contribution is -2.62. The first kappa shape index (κ1) is 13.6. The van der Waals surface area contributed by atoms with Crippen LogP contribution in [0.4, 0.5) is 4.79 Å². The summed E-state index contributed by atoms with van der Waals surface area (Å²) in [6.07, 6.45) is 2.29. The lowest BCUT2D eigenvalue weighted by molar-refractivity contribution is -0.120. The first-order valence-corrected chi connectivity index (χ1v) is 8.04. The number of hydrogen-bond acceptors (Lipinski definition) is 2. The number of urea groups is 1. The van der Waals surface area contributed by atoms with Crippen molar-refractivity contribution in [3.63, 3.8) is 0 Å². The third-order valence-corrected chi connectivity index (χ3v) is 5.20. The topological polar surface area (TPSA) is 61.4 Å². The largest absolute Gasteiger partial charge is 0.350 e. The molecule has 1 aliphatic heterocycles. The van der Waals surface area contributed by atoms with Gasteiger partial charge in [0.2, 0.25) is 5.91 Å². The summed E-state index contributed by atoms with van der Waals surface area (Å²) in [5, 5.41) is 6.02. The number of rotatable bonds is 2. The van der Waals surface area contributed by atoms with Crippen LogP contribution in [0.2, 0.25) is 0 Å². The highest BCUT2D eigenvalue weighted by Gasteiger charge is 2.54. The van der Waals surface area contributed by atoms with Gasteiger partial charge in [0, 0.05) is 32.0 Å². The minimum absolute atomic E-state index is 0.0125. The SMILES string of the molecule is CC(=O)NC1CN(C(=O)NC2C3CCc4ccccc4C32)C1. The molecule has 4 rings (SSSR count). The number of likely N-dealkylation sites (tertiary alicyclic amines) is 1. The molecule has 3 aliphatic rings. The van der Waals surface area contributed by atoms with Crippen molar-refractivity contribution in [1.82, 2.24) is 15.5 Å². The molecular formula is C17H21N3O2. The Morgan fingerprint density at radius 1 is 1.18 bits per heavy atom. The Morgan fingerprint density at radius 2 is 1.95 bits per heavy atom. The van der Waals surface area contributed by atoms with Gasteiger partial charge in [-0.25, -0.2) is 4.79 Å². The van der Waals surface area contributed by atoms with Gasteiger partial charge in [-0.15, -0.1) is 0 Å². The molecule has 0 bridgehead atoms. The van der Waals surface area contributed by atoms with Crippen LogP contribution in [-0.2, 0) is 11.2 Å². The second-order valence-electron chi connectivity index (χ2n) is 6.70. The van der Waals surface area contributed by atoms with Gasteiger partial charge < -0.3 is 15.5 Å². The summed E-state index contributed by atoms with van der Waals surface area (Å²) >= 11 is 0. The molecule has 5 heteroatoms. The van der Waals surface area contributed by atoms with Crippen molar-refractivity contribution in [2.75, 3.05) is 13.1 Å². The molecule has 1 saturated heterocycles. The molecule has 2 fully saturated rings. The number of hydrogen-bond donors (Lipinski definition) is 2. The molecule has 0 aromatic heterocycles. The van der Waals surface area contributed by atoms with E-state index < -0.39 is 0 Å². The normalized spacial score (nSPS) is 29.0. The Morgan fingerprint density at radius 3 is 2.73 bits per heavy atom. The Kier molecular flexibility index (Phi) is 3.10. The predicted octanol–water partition coefficient (Wildman–Crippen LogP) is 1.24. The van der Waals surface area contributed by atoms with E-state index in [-0.39, 0.29) is 24.0 Å². The standard InChI is InChI=1S/C17H21N3O2/c1-10(21)18-12-8-20(9-12)17(22)19-16-14-7-6-11-4-2-3-5-13(11)15(14)16/h2-5,12,14-16H,6-9H2,1H3,(H,18,21)(H,19,22). The summed E-state index contributed by atoms with van der Waals surface area (Å²) in [5.74, 6) is 1.07. The Labute approximate surface area is 130 Å². The van der Waals surface area contributed by atoms with Crippen molar-refractivity contribution in [3.8, 4) is 0 Å². The van der Waals surface area contributed by atoms with Gasteiger partial charge >= 0.3 is 6.03 Å². The molecule has 3 atom stereocenters. The molecule has 3 unspecified atom stereocenters. The maximum absolute atomic E-state index is 12.3. The molecule has 1 aromatic carbocycles. The number of nitrogens with one attached hydrogen (secondary N) is 2. The van der Waals surface area contributed by atoms with E-state index in [2.05, 4.69) is 34.9 Å². The summed E-state index contributed by atoms with van der Waals surface area (Å²) in [7, 11) is 0. The van der Waals surface area contributed by atoms with E-state index in [0.717, 1.165) is 6.42 Å². The summed E-state index contributed by atoms with van der Waals surface area (Å²) in [6, 6.07) is 9.01. The minimum Gasteiger partial charge on any atom is -0.350 e. The van der Waals surface area contributed by atoms with Crippen molar-refractivity contribution in [2.24, 2.45) is 5.92 Å². The molecule has 22 heavy (non-hydrogen) atoms. The number of amides is 3. The van der Waals surface area contributed by atoms with Gasteiger partial charge in [-0.3, -0.25) is 4.79 Å². The highest BCUT2D eigenvalue weighted by molar-refractivity contribution is 5.78. The lowest BCUT2D eigenvalue weighted by atomic mass is 9.92. The first-order valence-electron chi connectivity index (χ1n) is 8.04. The minimum atomic E-state index is -0.0325. The van der Waals surface area contributed by atoms with Crippen LogP contribution in [0.5, 0.6) is 0 Å². The van der Waals surface area contributed by atoms with Gasteiger partial charge in [-0.05, 0) is 29.9 Å². The first-order chi connectivity index (χ1) is 10.6. The smallest absolute Gasteiger partial charge is 0.317 e. The van der Waals surface area contributed by atoms with E-state index in [4.69, 9.17) is 0 Å². The number of nitrogens with zero attached hydrogens (tertiary/aromatic N) is 1. The fourth-order valence-corrected chi connectivity index (χ4v) is 4.02. The Bertz CT molecular complexity index is 624. The second-order valence-corrected chi connectivity index (χ2v) is 6.70. The quantitative estimate of drug-likeness (QED) is 0.863. The highest BCUT2D eigenvalue weighted by atomic mass is 16.2. The maximum atomic E-state index is 12.3. The van der Waals surface area contributed by atoms with Crippen LogP contribution in [-0.4, -0.2) is 42.0 Å². The van der Waals surface area contributed by atoms with Gasteiger partial charge in [0.1, 0.15) is 0 Å². The van der Waals surface area contributed by atoms with E-state index >= 15 is 0 Å². The van der Waals surface area contributed by atoms with Gasteiger partial charge in [0.25, 0.3) is 0 Å². The van der Waals surface area contributed by atoms with E-state index in [9.17, 15) is 9.59 Å². The summed E-state index contributed by atoms with van der Waals surface area (Å²) in [4.78, 5) is 25.0. The van der Waals surface area contributed by atoms with Crippen LogP contribution in [0, 0.1) is 5.92 Å². The average molecular weight is 299 g/mol. The highest BCUT2D eigenvalue weighted by Crippen LogP contribution is 2.54.